The van der Waals surface area contributed by atoms with Crippen LogP contribution in [0.25, 0.3) is 0 Å². The molecule has 0 heterocycles. The number of hydrogen-bond donors (Lipinski definition) is 2. The van der Waals surface area contributed by atoms with Gasteiger partial charge in [-0.2, -0.15) is 0 Å². The zero-order chi connectivity index (χ0) is 18.4. The second kappa shape index (κ2) is 8.39. The highest BCUT2D eigenvalue weighted by Crippen LogP contribution is 2.11. The topological polar surface area (TPSA) is 61.4 Å². The van der Waals surface area contributed by atoms with E-state index in [9.17, 15) is 14.0 Å². The minimum Gasteiger partial charge on any atom is -0.325 e. The number of carbonyl (C=O) groups is 2. The number of nitrogens with zero attached hydrogens (tertiary/aromatic N) is 1. The van der Waals surface area contributed by atoms with E-state index in [1.807, 2.05) is 31.2 Å². The maximum atomic E-state index is 12.9. The summed E-state index contributed by atoms with van der Waals surface area (Å²) in [6.45, 7) is 3.75. The number of likely N-dealkylation sites (N-methyl/N-ethyl adjacent to an activating group) is 1. The minimum atomic E-state index is -0.520. The van der Waals surface area contributed by atoms with E-state index in [1.165, 1.54) is 24.3 Å². The summed E-state index contributed by atoms with van der Waals surface area (Å²) in [5, 5.41) is 5.50. The van der Waals surface area contributed by atoms with Gasteiger partial charge < -0.3 is 10.6 Å². The van der Waals surface area contributed by atoms with Crippen molar-refractivity contribution in [2.75, 3.05) is 24.2 Å². The number of rotatable bonds is 6. The fourth-order valence-electron chi connectivity index (χ4n) is 2.18. The third kappa shape index (κ3) is 5.69. The van der Waals surface area contributed by atoms with Gasteiger partial charge in [-0.15, -0.1) is 0 Å². The third-order valence-corrected chi connectivity index (χ3v) is 3.88. The highest BCUT2D eigenvalue weighted by atomic mass is 19.1. The van der Waals surface area contributed by atoms with Crippen LogP contribution in [0, 0.1) is 12.7 Å². The van der Waals surface area contributed by atoms with Gasteiger partial charge in [0.1, 0.15) is 5.82 Å². The first-order chi connectivity index (χ1) is 11.8. The van der Waals surface area contributed by atoms with E-state index in [0.29, 0.717) is 11.4 Å². The van der Waals surface area contributed by atoms with Crippen molar-refractivity contribution >= 4 is 23.2 Å². The molecule has 0 saturated carbocycles. The summed E-state index contributed by atoms with van der Waals surface area (Å²) in [7, 11) is 1.70. The van der Waals surface area contributed by atoms with Crippen LogP contribution in [0.15, 0.2) is 48.5 Å². The predicted octanol–water partition coefficient (Wildman–Crippen LogP) is 3.03. The number of anilines is 2. The van der Waals surface area contributed by atoms with Crippen LogP contribution in [0.4, 0.5) is 15.8 Å². The van der Waals surface area contributed by atoms with E-state index in [-0.39, 0.29) is 24.2 Å². The van der Waals surface area contributed by atoms with E-state index in [1.54, 1.807) is 18.9 Å². The van der Waals surface area contributed by atoms with E-state index >= 15 is 0 Å². The Bertz CT molecular complexity index is 729. The lowest BCUT2D eigenvalue weighted by atomic mass is 10.2. The maximum absolute atomic E-state index is 12.9. The Labute approximate surface area is 146 Å². The lowest BCUT2D eigenvalue weighted by molar-refractivity contribution is -0.122. The Kier molecular flexibility index (Phi) is 6.25. The van der Waals surface area contributed by atoms with Gasteiger partial charge in [0.15, 0.2) is 0 Å². The normalized spacial score (nSPS) is 11.9. The monoisotopic (exact) mass is 343 g/mol. The maximum Gasteiger partial charge on any atom is 0.241 e. The average molecular weight is 343 g/mol. The number of nitrogens with one attached hydrogen (secondary N) is 2. The molecule has 6 heteroatoms. The molecule has 0 aliphatic carbocycles. The zero-order valence-corrected chi connectivity index (χ0v) is 14.5. The van der Waals surface area contributed by atoms with Crippen LogP contribution in [0.5, 0.6) is 0 Å². The summed E-state index contributed by atoms with van der Waals surface area (Å²) in [4.78, 5) is 26.0. The van der Waals surface area contributed by atoms with Gasteiger partial charge in [-0.05, 0) is 57.3 Å². The van der Waals surface area contributed by atoms with E-state index in [4.69, 9.17) is 0 Å². The van der Waals surface area contributed by atoms with Crippen LogP contribution in [-0.4, -0.2) is 36.3 Å². The summed E-state index contributed by atoms with van der Waals surface area (Å²) >= 11 is 0. The molecule has 25 heavy (non-hydrogen) atoms. The first kappa shape index (κ1) is 18.6. The summed E-state index contributed by atoms with van der Waals surface area (Å²) in [6, 6.07) is 12.5. The zero-order valence-electron chi connectivity index (χ0n) is 14.5. The first-order valence-electron chi connectivity index (χ1n) is 7.98. The van der Waals surface area contributed by atoms with Crippen molar-refractivity contribution in [1.82, 2.24) is 4.90 Å². The van der Waals surface area contributed by atoms with Crippen molar-refractivity contribution in [2.24, 2.45) is 0 Å². The van der Waals surface area contributed by atoms with Gasteiger partial charge in [0.25, 0.3) is 0 Å². The first-order valence-corrected chi connectivity index (χ1v) is 7.98. The van der Waals surface area contributed by atoms with Gasteiger partial charge >= 0.3 is 0 Å². The molecule has 0 spiro atoms. The van der Waals surface area contributed by atoms with Gasteiger partial charge in [0, 0.05) is 11.4 Å². The number of aryl methyl sites for hydroxylation is 1. The summed E-state index contributed by atoms with van der Waals surface area (Å²) < 4.78 is 12.9. The third-order valence-electron chi connectivity index (χ3n) is 3.88. The number of halogens is 1. The molecule has 2 N–H and O–H groups in total. The Morgan fingerprint density at radius 3 is 2.12 bits per heavy atom. The fourth-order valence-corrected chi connectivity index (χ4v) is 2.18. The molecule has 2 aromatic rings. The molecule has 2 amide bonds. The van der Waals surface area contributed by atoms with Crippen molar-refractivity contribution in [3.8, 4) is 0 Å². The van der Waals surface area contributed by atoms with Crippen LogP contribution < -0.4 is 10.6 Å². The quantitative estimate of drug-likeness (QED) is 0.847. The van der Waals surface area contributed by atoms with Crippen LogP contribution in [-0.2, 0) is 9.59 Å². The number of amides is 2. The van der Waals surface area contributed by atoms with Gasteiger partial charge in [-0.25, -0.2) is 4.39 Å². The van der Waals surface area contributed by atoms with E-state index in [0.717, 1.165) is 5.56 Å². The molecule has 132 valence electrons. The van der Waals surface area contributed by atoms with Crippen molar-refractivity contribution in [3.63, 3.8) is 0 Å². The van der Waals surface area contributed by atoms with Crippen molar-refractivity contribution < 1.29 is 14.0 Å². The van der Waals surface area contributed by atoms with Crippen LogP contribution >= 0.6 is 0 Å². The largest absolute Gasteiger partial charge is 0.325 e. The van der Waals surface area contributed by atoms with Crippen LogP contribution in [0.3, 0.4) is 0 Å². The Morgan fingerprint density at radius 1 is 1.00 bits per heavy atom. The average Bonchev–Trinajstić information content (AvgIpc) is 2.58. The smallest absolute Gasteiger partial charge is 0.241 e. The molecule has 0 saturated heterocycles. The molecule has 2 aromatic carbocycles. The van der Waals surface area contributed by atoms with Gasteiger partial charge in [-0.1, -0.05) is 17.7 Å². The minimum absolute atomic E-state index is 0.0753. The molecule has 5 nitrogen and oxygen atoms in total. The fraction of sp³-hybridized carbons (Fsp3) is 0.263. The lowest BCUT2D eigenvalue weighted by Crippen LogP contribution is -2.43. The second-order valence-electron chi connectivity index (χ2n) is 6.00. The summed E-state index contributed by atoms with van der Waals surface area (Å²) in [5.41, 5.74) is 2.34. The predicted molar refractivity (Wildman–Crippen MR) is 96.9 cm³/mol. The Hall–Kier alpha value is -2.73. The highest BCUT2D eigenvalue weighted by Gasteiger charge is 2.20. The molecule has 0 unspecified atom stereocenters. The van der Waals surface area contributed by atoms with Crippen LogP contribution in [0.2, 0.25) is 0 Å². The standard InChI is InChI=1S/C19H22FN3O2/c1-13-4-8-16(9-5-13)21-18(24)12-23(3)14(2)19(25)22-17-10-6-15(20)7-11-17/h4-11,14H,12H2,1-3H3,(H,21,24)(H,22,25)/t14-/m0/s1. The van der Waals surface area contributed by atoms with Crippen LogP contribution in [0.1, 0.15) is 12.5 Å². The molecular weight excluding hydrogens is 321 g/mol. The molecule has 0 bridgehead atoms. The number of carbonyl (C=O) groups excluding carboxylic acids is 2. The SMILES string of the molecule is Cc1ccc(NC(=O)CN(C)[C@@H](C)C(=O)Nc2ccc(F)cc2)cc1. The molecule has 2 rings (SSSR count). The summed E-state index contributed by atoms with van der Waals surface area (Å²) in [6.07, 6.45) is 0. The second-order valence-corrected chi connectivity index (χ2v) is 6.00. The molecule has 0 fully saturated rings. The van der Waals surface area contributed by atoms with Crippen molar-refractivity contribution in [1.29, 1.82) is 0 Å². The van der Waals surface area contributed by atoms with Gasteiger partial charge in [0.05, 0.1) is 12.6 Å². The highest BCUT2D eigenvalue weighted by molar-refractivity contribution is 5.96. The Morgan fingerprint density at radius 2 is 1.52 bits per heavy atom. The molecular formula is C19H22FN3O2. The van der Waals surface area contributed by atoms with Crippen molar-refractivity contribution in [2.45, 2.75) is 19.9 Å². The number of benzene rings is 2. The van der Waals surface area contributed by atoms with Gasteiger partial charge in [0.2, 0.25) is 11.8 Å². The van der Waals surface area contributed by atoms with Gasteiger partial charge in [-0.3, -0.25) is 14.5 Å². The van der Waals surface area contributed by atoms with E-state index in [2.05, 4.69) is 10.6 Å². The van der Waals surface area contributed by atoms with E-state index < -0.39 is 6.04 Å². The molecule has 0 aromatic heterocycles. The molecule has 0 radical (unpaired) electrons. The summed E-state index contributed by atoms with van der Waals surface area (Å²) in [5.74, 6) is -0.832. The molecule has 1 atom stereocenters. The number of hydrogen-bond acceptors (Lipinski definition) is 3. The Balaban J connectivity index is 1.86. The molecule has 0 aliphatic heterocycles. The van der Waals surface area contributed by atoms with Crippen molar-refractivity contribution in [3.05, 3.63) is 59.9 Å². The molecule has 0 aliphatic rings. The lowest BCUT2D eigenvalue weighted by Gasteiger charge is -2.23.